The Morgan fingerprint density at radius 3 is 1.37 bits per heavy atom. The average molecular weight is 271 g/mol. The van der Waals surface area contributed by atoms with Crippen LogP contribution in [-0.4, -0.2) is 0 Å². The van der Waals surface area contributed by atoms with E-state index in [0.29, 0.717) is 11.4 Å². The Morgan fingerprint density at radius 2 is 1.21 bits per heavy atom. The summed E-state index contributed by atoms with van der Waals surface area (Å²) < 4.78 is 0. The van der Waals surface area contributed by atoms with Crippen molar-refractivity contribution >= 4 is 0 Å². The van der Waals surface area contributed by atoms with Gasteiger partial charge in [0.15, 0.2) is 0 Å². The molecule has 0 rings (SSSR count). The van der Waals surface area contributed by atoms with Crippen molar-refractivity contribution in [3.63, 3.8) is 0 Å². The summed E-state index contributed by atoms with van der Waals surface area (Å²) >= 11 is 0. The fourth-order valence-corrected chi connectivity index (χ4v) is 0.447. The molecule has 19 heavy (non-hydrogen) atoms. The lowest BCUT2D eigenvalue weighted by molar-refractivity contribution is 0.886. The fraction of sp³-hybridized carbons (Fsp3) is 0.647. The SMILES string of the molecule is C=C/C=C(N)\C=C(/C)N.CC.CCCC.CCCC. The van der Waals surface area contributed by atoms with Gasteiger partial charge >= 0.3 is 0 Å². The Labute approximate surface area is 122 Å². The topological polar surface area (TPSA) is 52.0 Å². The second kappa shape index (κ2) is 30.1. The molecular formula is C17H38N2. The van der Waals surface area contributed by atoms with Crippen LogP contribution >= 0.6 is 0 Å². The van der Waals surface area contributed by atoms with Crippen molar-refractivity contribution < 1.29 is 0 Å². The van der Waals surface area contributed by atoms with Crippen molar-refractivity contribution in [2.24, 2.45) is 11.5 Å². The molecule has 0 amide bonds. The maximum atomic E-state index is 5.42. The summed E-state index contributed by atoms with van der Waals surface area (Å²) in [5.74, 6) is 0. The molecule has 0 bridgehead atoms. The molecule has 0 spiro atoms. The number of hydrogen-bond donors (Lipinski definition) is 2. The van der Waals surface area contributed by atoms with Crippen LogP contribution in [0.4, 0.5) is 0 Å². The first-order valence-electron chi connectivity index (χ1n) is 7.51. The summed E-state index contributed by atoms with van der Waals surface area (Å²) in [7, 11) is 0. The van der Waals surface area contributed by atoms with E-state index >= 15 is 0 Å². The normalized spacial score (nSPS) is 9.84. The van der Waals surface area contributed by atoms with Gasteiger partial charge in [0.05, 0.1) is 0 Å². The molecule has 0 aliphatic carbocycles. The molecule has 116 valence electrons. The van der Waals surface area contributed by atoms with E-state index in [0.717, 1.165) is 0 Å². The van der Waals surface area contributed by atoms with E-state index in [4.69, 9.17) is 11.5 Å². The summed E-state index contributed by atoms with van der Waals surface area (Å²) in [6.45, 7) is 18.0. The zero-order valence-corrected chi connectivity index (χ0v) is 14.4. The van der Waals surface area contributed by atoms with E-state index in [1.54, 1.807) is 25.2 Å². The highest BCUT2D eigenvalue weighted by Gasteiger charge is 1.79. The monoisotopic (exact) mass is 270 g/mol. The van der Waals surface area contributed by atoms with E-state index in [9.17, 15) is 0 Å². The summed E-state index contributed by atoms with van der Waals surface area (Å²) in [4.78, 5) is 0. The third-order valence-electron chi connectivity index (χ3n) is 1.70. The molecule has 0 saturated carbocycles. The van der Waals surface area contributed by atoms with E-state index in [2.05, 4.69) is 34.3 Å². The number of nitrogens with two attached hydrogens (primary N) is 2. The first-order valence-corrected chi connectivity index (χ1v) is 7.51. The lowest BCUT2D eigenvalue weighted by Crippen LogP contribution is -1.97. The standard InChI is InChI=1S/C7H12N2.2C4H10.C2H6/c1-3-4-7(9)5-6(2)8;2*1-3-4-2;1-2/h3-5H,1,8-9H2,2H3;2*3-4H2,1-2H3;1-2H3/b6-5+,7-4+;;;. The molecule has 0 aromatic rings. The van der Waals surface area contributed by atoms with E-state index < -0.39 is 0 Å². The number of hydrogen-bond acceptors (Lipinski definition) is 2. The first-order chi connectivity index (χ1) is 8.99. The van der Waals surface area contributed by atoms with Crippen molar-refractivity contribution in [1.29, 1.82) is 0 Å². The Balaban J connectivity index is -0.0000000944. The van der Waals surface area contributed by atoms with Crippen LogP contribution in [0.5, 0.6) is 0 Å². The van der Waals surface area contributed by atoms with Crippen molar-refractivity contribution in [3.05, 3.63) is 36.2 Å². The van der Waals surface area contributed by atoms with Crippen LogP contribution in [0.15, 0.2) is 36.2 Å². The molecule has 0 unspecified atom stereocenters. The number of unbranched alkanes of at least 4 members (excludes halogenated alkanes) is 2. The minimum Gasteiger partial charge on any atom is -0.402 e. The molecule has 0 aromatic carbocycles. The maximum absolute atomic E-state index is 5.42. The molecule has 2 heteroatoms. The molecule has 0 aliphatic rings. The average Bonchev–Trinajstić information content (AvgIpc) is 2.41. The highest BCUT2D eigenvalue weighted by atomic mass is 14.6. The van der Waals surface area contributed by atoms with Crippen LogP contribution in [-0.2, 0) is 0 Å². The highest BCUT2D eigenvalue weighted by Crippen LogP contribution is 1.89. The quantitative estimate of drug-likeness (QED) is 0.661. The van der Waals surface area contributed by atoms with Gasteiger partial charge in [-0.05, 0) is 19.1 Å². The second-order valence-electron chi connectivity index (χ2n) is 3.79. The van der Waals surface area contributed by atoms with Crippen LogP contribution in [0, 0.1) is 0 Å². The molecule has 0 aliphatic heterocycles. The Kier molecular flexibility index (Phi) is 41.9. The molecule has 2 nitrogen and oxygen atoms in total. The van der Waals surface area contributed by atoms with E-state index in [1.807, 2.05) is 13.8 Å². The van der Waals surface area contributed by atoms with Crippen LogP contribution in [0.2, 0.25) is 0 Å². The molecule has 0 atom stereocenters. The lowest BCUT2D eigenvalue weighted by atomic mass is 10.3. The van der Waals surface area contributed by atoms with Gasteiger partial charge in [-0.15, -0.1) is 0 Å². The minimum atomic E-state index is 0.630. The summed E-state index contributed by atoms with van der Waals surface area (Å²) in [6.07, 6.45) is 10.3. The van der Waals surface area contributed by atoms with Crippen LogP contribution < -0.4 is 11.5 Å². The zero-order valence-electron chi connectivity index (χ0n) is 14.4. The second-order valence-corrected chi connectivity index (χ2v) is 3.79. The highest BCUT2D eigenvalue weighted by molar-refractivity contribution is 5.21. The van der Waals surface area contributed by atoms with Crippen molar-refractivity contribution in [3.8, 4) is 0 Å². The molecular weight excluding hydrogens is 232 g/mol. The smallest absolute Gasteiger partial charge is 0.0330 e. The van der Waals surface area contributed by atoms with Gasteiger partial charge in [0.25, 0.3) is 0 Å². The van der Waals surface area contributed by atoms with E-state index in [-0.39, 0.29) is 0 Å². The third kappa shape index (κ3) is 60.4. The van der Waals surface area contributed by atoms with Gasteiger partial charge in [-0.2, -0.15) is 0 Å². The largest absolute Gasteiger partial charge is 0.402 e. The van der Waals surface area contributed by atoms with Crippen molar-refractivity contribution in [1.82, 2.24) is 0 Å². The number of rotatable bonds is 4. The fourth-order valence-electron chi connectivity index (χ4n) is 0.447. The van der Waals surface area contributed by atoms with Gasteiger partial charge in [0, 0.05) is 11.4 Å². The molecule has 0 fully saturated rings. The van der Waals surface area contributed by atoms with Gasteiger partial charge in [0.1, 0.15) is 0 Å². The lowest BCUT2D eigenvalue weighted by Gasteiger charge is -1.90. The number of allylic oxidation sites excluding steroid dienone is 4. The van der Waals surface area contributed by atoms with Gasteiger partial charge in [-0.1, -0.05) is 79.9 Å². The van der Waals surface area contributed by atoms with Gasteiger partial charge in [0.2, 0.25) is 0 Å². The molecule has 0 radical (unpaired) electrons. The molecule has 0 saturated heterocycles. The van der Waals surface area contributed by atoms with Crippen LogP contribution in [0.1, 0.15) is 74.1 Å². The van der Waals surface area contributed by atoms with Crippen molar-refractivity contribution in [2.75, 3.05) is 0 Å². The van der Waals surface area contributed by atoms with Gasteiger partial charge in [-0.25, -0.2) is 0 Å². The molecule has 0 heterocycles. The Hall–Kier alpha value is -1.18. The predicted molar refractivity (Wildman–Crippen MR) is 92.9 cm³/mol. The summed E-state index contributed by atoms with van der Waals surface area (Å²) in [6, 6.07) is 0. The minimum absolute atomic E-state index is 0.630. The molecule has 0 aromatic heterocycles. The van der Waals surface area contributed by atoms with Crippen molar-refractivity contribution in [2.45, 2.75) is 74.1 Å². The zero-order chi connectivity index (χ0) is 16.1. The Bertz CT molecular complexity index is 191. The first kappa shape index (κ1) is 26.4. The third-order valence-corrected chi connectivity index (χ3v) is 1.70. The maximum Gasteiger partial charge on any atom is 0.0330 e. The van der Waals surface area contributed by atoms with Crippen LogP contribution in [0.25, 0.3) is 0 Å². The van der Waals surface area contributed by atoms with Gasteiger partial charge < -0.3 is 11.5 Å². The molecule has 4 N–H and O–H groups in total. The predicted octanol–water partition coefficient (Wildman–Crippen LogP) is 5.52. The Morgan fingerprint density at radius 1 is 0.895 bits per heavy atom. The van der Waals surface area contributed by atoms with Gasteiger partial charge in [-0.3, -0.25) is 0 Å². The van der Waals surface area contributed by atoms with Crippen LogP contribution in [0.3, 0.4) is 0 Å². The summed E-state index contributed by atoms with van der Waals surface area (Å²) in [5, 5.41) is 0. The summed E-state index contributed by atoms with van der Waals surface area (Å²) in [5.41, 5.74) is 12.1. The van der Waals surface area contributed by atoms with E-state index in [1.165, 1.54) is 25.7 Å².